The summed E-state index contributed by atoms with van der Waals surface area (Å²) >= 11 is 1.31. The van der Waals surface area contributed by atoms with E-state index in [1.165, 1.54) is 29.3 Å². The van der Waals surface area contributed by atoms with Gasteiger partial charge in [-0.1, -0.05) is 17.8 Å². The maximum Gasteiger partial charge on any atom is 0.277 e. The van der Waals surface area contributed by atoms with E-state index in [4.69, 9.17) is 4.42 Å². The van der Waals surface area contributed by atoms with Gasteiger partial charge in [-0.05, 0) is 56.4 Å². The average Bonchev–Trinajstić information content (AvgIpc) is 3.05. The Balaban J connectivity index is 1.60. The Morgan fingerprint density at radius 3 is 2.70 bits per heavy atom. The lowest BCUT2D eigenvalue weighted by Crippen LogP contribution is -2.36. The Kier molecular flexibility index (Phi) is 5.00. The lowest BCUT2D eigenvalue weighted by molar-refractivity contribution is -0.129. The Hall–Kier alpha value is -1.82. The molecule has 0 bridgehead atoms. The topological polar surface area (TPSA) is 59.2 Å². The third kappa shape index (κ3) is 3.93. The van der Waals surface area contributed by atoms with Crippen LogP contribution in [0.3, 0.4) is 0 Å². The van der Waals surface area contributed by atoms with Crippen LogP contribution in [-0.4, -0.2) is 39.8 Å². The highest BCUT2D eigenvalue weighted by atomic mass is 32.2. The average molecular weight is 331 g/mol. The fourth-order valence-corrected chi connectivity index (χ4v) is 3.28. The van der Waals surface area contributed by atoms with Crippen molar-refractivity contribution < 1.29 is 9.21 Å². The molecule has 0 atom stereocenters. The van der Waals surface area contributed by atoms with Crippen molar-refractivity contribution in [3.63, 3.8) is 0 Å². The van der Waals surface area contributed by atoms with Crippen LogP contribution in [0, 0.1) is 13.8 Å². The Bertz CT molecular complexity index is 693. The molecule has 2 aromatic rings. The fourth-order valence-electron chi connectivity index (χ4n) is 2.62. The first-order valence-electron chi connectivity index (χ1n) is 7.95. The molecule has 1 aliphatic heterocycles. The smallest absolute Gasteiger partial charge is 0.277 e. The second-order valence-corrected chi connectivity index (χ2v) is 6.83. The normalized spacial score (nSPS) is 15.0. The number of likely N-dealkylation sites (tertiary alicyclic amines) is 1. The van der Waals surface area contributed by atoms with Crippen molar-refractivity contribution in [2.75, 3.05) is 18.8 Å². The van der Waals surface area contributed by atoms with Gasteiger partial charge in [0.15, 0.2) is 0 Å². The van der Waals surface area contributed by atoms with Crippen molar-refractivity contribution in [3.8, 4) is 11.5 Å². The SMILES string of the molecule is Cc1ccc(-c2nnc(SCC(=O)N3CCCCC3)o2)cc1C. The summed E-state index contributed by atoms with van der Waals surface area (Å²) in [5, 5.41) is 8.57. The van der Waals surface area contributed by atoms with Crippen molar-refractivity contribution in [1.29, 1.82) is 0 Å². The van der Waals surface area contributed by atoms with Gasteiger partial charge in [0.2, 0.25) is 11.8 Å². The van der Waals surface area contributed by atoms with E-state index >= 15 is 0 Å². The number of amides is 1. The van der Waals surface area contributed by atoms with Gasteiger partial charge in [0, 0.05) is 18.7 Å². The van der Waals surface area contributed by atoms with Crippen LogP contribution < -0.4 is 0 Å². The van der Waals surface area contributed by atoms with Crippen LogP contribution in [0.15, 0.2) is 27.8 Å². The molecule has 0 radical (unpaired) electrons. The van der Waals surface area contributed by atoms with Gasteiger partial charge in [0.05, 0.1) is 5.75 Å². The molecule has 0 saturated carbocycles. The van der Waals surface area contributed by atoms with Crippen LogP contribution in [0.25, 0.3) is 11.5 Å². The second kappa shape index (κ2) is 7.17. The molecule has 1 aliphatic rings. The highest BCUT2D eigenvalue weighted by molar-refractivity contribution is 7.99. The quantitative estimate of drug-likeness (QED) is 0.803. The highest BCUT2D eigenvalue weighted by Gasteiger charge is 2.18. The second-order valence-electron chi connectivity index (χ2n) is 5.90. The number of benzene rings is 1. The van der Waals surface area contributed by atoms with Crippen LogP contribution in [0.1, 0.15) is 30.4 Å². The molecular formula is C17H21N3O2S. The number of thioether (sulfide) groups is 1. The minimum absolute atomic E-state index is 0.153. The van der Waals surface area contributed by atoms with Crippen LogP contribution in [0.5, 0.6) is 0 Å². The number of aromatic nitrogens is 2. The molecule has 0 aliphatic carbocycles. The Labute approximate surface area is 140 Å². The fraction of sp³-hybridized carbons (Fsp3) is 0.471. The molecule has 3 rings (SSSR count). The number of carbonyl (C=O) groups excluding carboxylic acids is 1. The molecule has 1 amide bonds. The molecular weight excluding hydrogens is 310 g/mol. The molecule has 0 unspecified atom stereocenters. The number of nitrogens with zero attached hydrogens (tertiary/aromatic N) is 3. The number of carbonyl (C=O) groups is 1. The number of piperidine rings is 1. The Morgan fingerprint density at radius 2 is 1.96 bits per heavy atom. The molecule has 6 heteroatoms. The van der Waals surface area contributed by atoms with Gasteiger partial charge in [0.25, 0.3) is 5.22 Å². The lowest BCUT2D eigenvalue weighted by Gasteiger charge is -2.26. The number of aryl methyl sites for hydroxylation is 2. The van der Waals surface area contributed by atoms with Crippen LogP contribution in [0.4, 0.5) is 0 Å². The largest absolute Gasteiger partial charge is 0.411 e. The highest BCUT2D eigenvalue weighted by Crippen LogP contribution is 2.25. The number of rotatable bonds is 4. The first-order chi connectivity index (χ1) is 11.1. The van der Waals surface area contributed by atoms with Gasteiger partial charge >= 0.3 is 0 Å². The standard InChI is InChI=1S/C17H21N3O2S/c1-12-6-7-14(10-13(12)2)16-18-19-17(22-16)23-11-15(21)20-8-4-3-5-9-20/h6-7,10H,3-5,8-9,11H2,1-2H3. The third-order valence-corrected chi connectivity index (χ3v) is 4.99. The van der Waals surface area contributed by atoms with Crippen molar-refractivity contribution in [2.24, 2.45) is 0 Å². The van der Waals surface area contributed by atoms with E-state index < -0.39 is 0 Å². The van der Waals surface area contributed by atoms with Crippen molar-refractivity contribution in [3.05, 3.63) is 29.3 Å². The van der Waals surface area contributed by atoms with E-state index in [2.05, 4.69) is 24.0 Å². The monoisotopic (exact) mass is 331 g/mol. The minimum atomic E-state index is 0.153. The predicted octanol–water partition coefficient (Wildman–Crippen LogP) is 3.46. The van der Waals surface area contributed by atoms with E-state index in [1.54, 1.807) is 0 Å². The molecule has 1 fully saturated rings. The van der Waals surface area contributed by atoms with Gasteiger partial charge in [0.1, 0.15) is 0 Å². The Morgan fingerprint density at radius 1 is 1.17 bits per heavy atom. The van der Waals surface area contributed by atoms with E-state index in [-0.39, 0.29) is 5.91 Å². The molecule has 0 spiro atoms. The minimum Gasteiger partial charge on any atom is -0.411 e. The van der Waals surface area contributed by atoms with Gasteiger partial charge < -0.3 is 9.32 Å². The summed E-state index contributed by atoms with van der Waals surface area (Å²) in [5.41, 5.74) is 3.33. The molecule has 23 heavy (non-hydrogen) atoms. The zero-order chi connectivity index (χ0) is 16.2. The zero-order valence-corrected chi connectivity index (χ0v) is 14.4. The summed E-state index contributed by atoms with van der Waals surface area (Å²) < 4.78 is 5.67. The summed E-state index contributed by atoms with van der Waals surface area (Å²) in [4.78, 5) is 14.1. The zero-order valence-electron chi connectivity index (χ0n) is 13.5. The third-order valence-electron chi connectivity index (χ3n) is 4.19. The van der Waals surface area contributed by atoms with E-state index in [0.29, 0.717) is 16.9 Å². The predicted molar refractivity (Wildman–Crippen MR) is 90.4 cm³/mol. The summed E-state index contributed by atoms with van der Waals surface area (Å²) in [6.07, 6.45) is 3.43. The van der Waals surface area contributed by atoms with Crippen LogP contribution >= 0.6 is 11.8 Å². The van der Waals surface area contributed by atoms with Crippen molar-refractivity contribution in [2.45, 2.75) is 38.3 Å². The van der Waals surface area contributed by atoms with E-state index in [9.17, 15) is 4.79 Å². The summed E-state index contributed by atoms with van der Waals surface area (Å²) in [6, 6.07) is 6.06. The van der Waals surface area contributed by atoms with Gasteiger partial charge in [-0.2, -0.15) is 0 Å². The number of hydrogen-bond donors (Lipinski definition) is 0. The summed E-state index contributed by atoms with van der Waals surface area (Å²) in [5.74, 6) is 1.01. The van der Waals surface area contributed by atoms with Gasteiger partial charge in [-0.15, -0.1) is 10.2 Å². The maximum absolute atomic E-state index is 12.1. The lowest BCUT2D eigenvalue weighted by atomic mass is 10.1. The van der Waals surface area contributed by atoms with Gasteiger partial charge in [-0.25, -0.2) is 0 Å². The van der Waals surface area contributed by atoms with Crippen LogP contribution in [-0.2, 0) is 4.79 Å². The summed E-state index contributed by atoms with van der Waals surface area (Å²) in [6.45, 7) is 5.87. The molecule has 122 valence electrons. The number of hydrogen-bond acceptors (Lipinski definition) is 5. The maximum atomic E-state index is 12.1. The van der Waals surface area contributed by atoms with Crippen molar-refractivity contribution >= 4 is 17.7 Å². The molecule has 2 heterocycles. The molecule has 1 aromatic carbocycles. The van der Waals surface area contributed by atoms with Crippen molar-refractivity contribution in [1.82, 2.24) is 15.1 Å². The molecule has 5 nitrogen and oxygen atoms in total. The van der Waals surface area contributed by atoms with Gasteiger partial charge in [-0.3, -0.25) is 4.79 Å². The molecule has 0 N–H and O–H groups in total. The summed E-state index contributed by atoms with van der Waals surface area (Å²) in [7, 11) is 0. The van der Waals surface area contributed by atoms with E-state index in [0.717, 1.165) is 31.5 Å². The first kappa shape index (κ1) is 16.1. The van der Waals surface area contributed by atoms with E-state index in [1.807, 2.05) is 23.1 Å². The molecule has 1 saturated heterocycles. The first-order valence-corrected chi connectivity index (χ1v) is 8.94. The molecule has 1 aromatic heterocycles. The van der Waals surface area contributed by atoms with Crippen LogP contribution in [0.2, 0.25) is 0 Å².